The largest absolute Gasteiger partial charge is 0.455 e. The molecule has 4 N–H and O–H groups in total. The molecular formula is C17H19N5O. The first kappa shape index (κ1) is 15.0. The average molecular weight is 309 g/mol. The van der Waals surface area contributed by atoms with E-state index in [2.05, 4.69) is 15.0 Å². The predicted octanol–water partition coefficient (Wildman–Crippen LogP) is 2.69. The molecule has 0 aromatic carbocycles. The van der Waals surface area contributed by atoms with Crippen LogP contribution in [-0.4, -0.2) is 22.2 Å². The average Bonchev–Trinajstić information content (AvgIpc) is 3.36. The maximum Gasteiger partial charge on any atom is 0.148 e. The van der Waals surface area contributed by atoms with Gasteiger partial charge in [-0.2, -0.15) is 0 Å². The van der Waals surface area contributed by atoms with E-state index in [-0.39, 0.29) is 0 Å². The molecule has 118 valence electrons. The molecule has 3 rings (SSSR count). The SMILES string of the molecule is Cc1nc(N)ccc1Oc1ccnc(C(C=NC2CC2)=CN)c1. The van der Waals surface area contributed by atoms with Crippen LogP contribution in [0.3, 0.4) is 0 Å². The Morgan fingerprint density at radius 1 is 1.35 bits per heavy atom. The number of rotatable bonds is 5. The van der Waals surface area contributed by atoms with Crippen LogP contribution in [0.4, 0.5) is 5.82 Å². The lowest BCUT2D eigenvalue weighted by molar-refractivity contribution is 0.475. The van der Waals surface area contributed by atoms with Crippen molar-refractivity contribution in [3.8, 4) is 11.5 Å². The predicted molar refractivity (Wildman–Crippen MR) is 91.4 cm³/mol. The molecule has 1 aliphatic rings. The summed E-state index contributed by atoms with van der Waals surface area (Å²) in [5.74, 6) is 1.78. The van der Waals surface area contributed by atoms with Gasteiger partial charge in [-0.05, 0) is 38.0 Å². The molecule has 2 heterocycles. The van der Waals surface area contributed by atoms with Gasteiger partial charge in [0.2, 0.25) is 0 Å². The van der Waals surface area contributed by atoms with Crippen molar-refractivity contribution in [3.05, 3.63) is 48.1 Å². The third-order valence-corrected chi connectivity index (χ3v) is 3.46. The Labute approximate surface area is 134 Å². The molecule has 0 unspecified atom stereocenters. The minimum absolute atomic E-state index is 0.438. The third kappa shape index (κ3) is 3.85. The van der Waals surface area contributed by atoms with Crippen molar-refractivity contribution >= 4 is 17.6 Å². The van der Waals surface area contributed by atoms with E-state index in [4.69, 9.17) is 16.2 Å². The molecule has 6 nitrogen and oxygen atoms in total. The molecule has 6 heteroatoms. The van der Waals surface area contributed by atoms with Gasteiger partial charge in [-0.1, -0.05) is 0 Å². The van der Waals surface area contributed by atoms with Crippen LogP contribution in [0, 0.1) is 6.92 Å². The summed E-state index contributed by atoms with van der Waals surface area (Å²) in [5, 5.41) is 0. The van der Waals surface area contributed by atoms with Gasteiger partial charge in [-0.15, -0.1) is 0 Å². The minimum Gasteiger partial charge on any atom is -0.455 e. The van der Waals surface area contributed by atoms with Crippen LogP contribution in [0.1, 0.15) is 24.2 Å². The number of aromatic nitrogens is 2. The van der Waals surface area contributed by atoms with Crippen LogP contribution < -0.4 is 16.2 Å². The lowest BCUT2D eigenvalue weighted by Gasteiger charge is -2.09. The summed E-state index contributed by atoms with van der Waals surface area (Å²) in [6, 6.07) is 7.55. The van der Waals surface area contributed by atoms with Crippen molar-refractivity contribution in [1.29, 1.82) is 0 Å². The summed E-state index contributed by atoms with van der Waals surface area (Å²) in [7, 11) is 0. The summed E-state index contributed by atoms with van der Waals surface area (Å²) in [6.45, 7) is 1.85. The molecule has 0 amide bonds. The van der Waals surface area contributed by atoms with Crippen LogP contribution >= 0.6 is 0 Å². The monoisotopic (exact) mass is 309 g/mol. The normalized spacial score (nSPS) is 15.1. The number of allylic oxidation sites excluding steroid dienone is 1. The van der Waals surface area contributed by atoms with Crippen LogP contribution in [0.15, 0.2) is 41.7 Å². The Balaban J connectivity index is 1.81. The second-order valence-corrected chi connectivity index (χ2v) is 5.43. The molecule has 0 radical (unpaired) electrons. The van der Waals surface area contributed by atoms with Gasteiger partial charge in [-0.25, -0.2) is 4.98 Å². The van der Waals surface area contributed by atoms with Gasteiger partial charge in [0, 0.05) is 30.3 Å². The molecule has 0 saturated heterocycles. The Kier molecular flexibility index (Phi) is 4.23. The molecule has 0 atom stereocenters. The first-order valence-electron chi connectivity index (χ1n) is 7.48. The topological polar surface area (TPSA) is 99.4 Å². The number of hydrogen-bond acceptors (Lipinski definition) is 6. The highest BCUT2D eigenvalue weighted by molar-refractivity contribution is 6.09. The van der Waals surface area contributed by atoms with E-state index >= 15 is 0 Å². The van der Waals surface area contributed by atoms with E-state index in [1.165, 1.54) is 6.20 Å². The van der Waals surface area contributed by atoms with Gasteiger partial charge in [0.1, 0.15) is 17.3 Å². The molecule has 1 saturated carbocycles. The highest BCUT2D eigenvalue weighted by Gasteiger charge is 2.19. The number of nitrogen functional groups attached to an aromatic ring is 1. The number of nitrogens with zero attached hydrogens (tertiary/aromatic N) is 3. The van der Waals surface area contributed by atoms with Crippen molar-refractivity contribution in [2.45, 2.75) is 25.8 Å². The van der Waals surface area contributed by atoms with E-state index in [0.29, 0.717) is 23.4 Å². The molecule has 2 aromatic rings. The summed E-state index contributed by atoms with van der Waals surface area (Å²) in [6.07, 6.45) is 7.26. The zero-order valence-electron chi connectivity index (χ0n) is 12.9. The van der Waals surface area contributed by atoms with Gasteiger partial charge < -0.3 is 16.2 Å². The highest BCUT2D eigenvalue weighted by Crippen LogP contribution is 2.27. The first-order chi connectivity index (χ1) is 11.2. The Bertz CT molecular complexity index is 765. The molecule has 1 fully saturated rings. The highest BCUT2D eigenvalue weighted by atomic mass is 16.5. The van der Waals surface area contributed by atoms with Crippen molar-refractivity contribution in [2.75, 3.05) is 5.73 Å². The summed E-state index contributed by atoms with van der Waals surface area (Å²) in [5.41, 5.74) is 13.6. The van der Waals surface area contributed by atoms with Crippen LogP contribution in [0.25, 0.3) is 5.57 Å². The number of pyridine rings is 2. The van der Waals surface area contributed by atoms with E-state index in [9.17, 15) is 0 Å². The Hall–Kier alpha value is -2.89. The zero-order valence-corrected chi connectivity index (χ0v) is 12.9. The number of ether oxygens (including phenoxy) is 1. The van der Waals surface area contributed by atoms with Crippen molar-refractivity contribution in [3.63, 3.8) is 0 Å². The summed E-state index contributed by atoms with van der Waals surface area (Å²) in [4.78, 5) is 13.0. The molecule has 0 bridgehead atoms. The van der Waals surface area contributed by atoms with E-state index < -0.39 is 0 Å². The maximum absolute atomic E-state index is 5.87. The van der Waals surface area contributed by atoms with E-state index in [1.807, 2.05) is 13.0 Å². The second-order valence-electron chi connectivity index (χ2n) is 5.43. The zero-order chi connectivity index (χ0) is 16.2. The molecule has 0 spiro atoms. The lowest BCUT2D eigenvalue weighted by atomic mass is 10.2. The van der Waals surface area contributed by atoms with Gasteiger partial charge in [0.05, 0.1) is 17.4 Å². The number of nitrogens with two attached hydrogens (primary N) is 2. The van der Waals surface area contributed by atoms with Crippen LogP contribution in [0.2, 0.25) is 0 Å². The van der Waals surface area contributed by atoms with Gasteiger partial charge in [0.15, 0.2) is 0 Å². The van der Waals surface area contributed by atoms with Crippen molar-refractivity contribution in [1.82, 2.24) is 9.97 Å². The fourth-order valence-electron chi connectivity index (χ4n) is 2.04. The van der Waals surface area contributed by atoms with Gasteiger partial charge >= 0.3 is 0 Å². The first-order valence-corrected chi connectivity index (χ1v) is 7.48. The van der Waals surface area contributed by atoms with Crippen LogP contribution in [-0.2, 0) is 0 Å². The number of anilines is 1. The van der Waals surface area contributed by atoms with Crippen molar-refractivity contribution in [2.24, 2.45) is 10.7 Å². The quantitative estimate of drug-likeness (QED) is 0.827. The van der Waals surface area contributed by atoms with E-state index in [1.54, 1.807) is 30.6 Å². The molecule has 2 aromatic heterocycles. The summed E-state index contributed by atoms with van der Waals surface area (Å²) >= 11 is 0. The standard InChI is InChI=1S/C17H19N5O/c1-11-16(4-5-17(19)22-11)23-14-6-7-20-15(8-14)12(9-18)10-21-13-2-3-13/h4-10,13H,2-3,18H2,1H3,(H2,19,22). The number of aliphatic imine (C=N–C) groups is 1. The van der Waals surface area contributed by atoms with Gasteiger partial charge in [0.25, 0.3) is 0 Å². The molecule has 0 aliphatic heterocycles. The third-order valence-electron chi connectivity index (χ3n) is 3.46. The fraction of sp³-hybridized carbons (Fsp3) is 0.235. The lowest BCUT2D eigenvalue weighted by Crippen LogP contribution is -1.98. The van der Waals surface area contributed by atoms with E-state index in [0.717, 1.165) is 29.8 Å². The maximum atomic E-state index is 5.87. The summed E-state index contributed by atoms with van der Waals surface area (Å²) < 4.78 is 5.87. The molecule has 1 aliphatic carbocycles. The molecular weight excluding hydrogens is 290 g/mol. The second kappa shape index (κ2) is 6.48. The number of aryl methyl sites for hydroxylation is 1. The molecule has 23 heavy (non-hydrogen) atoms. The van der Waals surface area contributed by atoms with Gasteiger partial charge in [-0.3, -0.25) is 9.98 Å². The Morgan fingerprint density at radius 3 is 2.87 bits per heavy atom. The minimum atomic E-state index is 0.438. The Morgan fingerprint density at radius 2 is 2.17 bits per heavy atom. The fourth-order valence-corrected chi connectivity index (χ4v) is 2.04. The smallest absolute Gasteiger partial charge is 0.148 e. The van der Waals surface area contributed by atoms with Crippen molar-refractivity contribution < 1.29 is 4.74 Å². The van der Waals surface area contributed by atoms with Crippen LogP contribution in [0.5, 0.6) is 11.5 Å². The number of hydrogen-bond donors (Lipinski definition) is 2.